The molecule has 0 spiro atoms. The Labute approximate surface area is 479 Å². The highest BCUT2D eigenvalue weighted by molar-refractivity contribution is 7.00. The first-order chi connectivity index (χ1) is 38.0. The van der Waals surface area contributed by atoms with Gasteiger partial charge in [0.2, 0.25) is 0 Å². The lowest BCUT2D eigenvalue weighted by Gasteiger charge is -2.51. The van der Waals surface area contributed by atoms with Gasteiger partial charge in [-0.15, -0.1) is 0 Å². The number of hydrogen-bond acceptors (Lipinski definition) is 3. The SMILES string of the molecule is CC(C)(C)c1ccc(N2c3ccccc3B3c4cc5c(cc4N(c4ccc6c(c4)C(C)(C)CCC6(C)C)c4cc(N6c7ccc(-c8ccccc8)cc7C7(C)CCCCC67C)cc2c43)C(C)(C)CCC5(C)C)c(-c2ccccc2)c1. The number of fused-ring (bicyclic) bond motifs is 9. The largest absolute Gasteiger partial charge is 0.334 e. The van der Waals surface area contributed by atoms with E-state index >= 15 is 0 Å². The van der Waals surface area contributed by atoms with Crippen LogP contribution in [0, 0.1) is 0 Å². The number of anilines is 8. The maximum Gasteiger partial charge on any atom is 0.252 e. The van der Waals surface area contributed by atoms with Crippen LogP contribution in [0.25, 0.3) is 22.3 Å². The monoisotopic (exact) mass is 1050 g/mol. The number of benzene rings is 8. The highest BCUT2D eigenvalue weighted by Gasteiger charge is 2.58. The molecule has 1 saturated carbocycles. The lowest BCUT2D eigenvalue weighted by atomic mass is 9.33. The van der Waals surface area contributed by atoms with Crippen molar-refractivity contribution in [1.82, 2.24) is 0 Å². The molecule has 1 fully saturated rings. The molecule has 0 amide bonds. The van der Waals surface area contributed by atoms with E-state index in [-0.39, 0.29) is 44.7 Å². The first-order valence-corrected chi connectivity index (χ1v) is 30.4. The second kappa shape index (κ2) is 17.4. The van der Waals surface area contributed by atoms with E-state index < -0.39 is 0 Å². The number of rotatable bonds is 5. The van der Waals surface area contributed by atoms with Crippen molar-refractivity contribution >= 4 is 68.6 Å². The maximum absolute atomic E-state index is 2.85. The normalized spacial score (nSPS) is 22.3. The van der Waals surface area contributed by atoms with Gasteiger partial charge in [0, 0.05) is 50.8 Å². The van der Waals surface area contributed by atoms with Gasteiger partial charge in [-0.05, 0) is 200 Å². The molecule has 80 heavy (non-hydrogen) atoms. The summed E-state index contributed by atoms with van der Waals surface area (Å²) in [5, 5.41) is 0. The Hall–Kier alpha value is -6.78. The number of para-hydroxylation sites is 1. The van der Waals surface area contributed by atoms with Crippen molar-refractivity contribution in [1.29, 1.82) is 0 Å². The molecule has 2 unspecified atom stereocenters. The summed E-state index contributed by atoms with van der Waals surface area (Å²) in [6.07, 6.45) is 9.39. The Morgan fingerprint density at radius 2 is 0.950 bits per heavy atom. The predicted octanol–water partition coefficient (Wildman–Crippen LogP) is 18.8. The minimum Gasteiger partial charge on any atom is -0.334 e. The molecule has 0 N–H and O–H groups in total. The summed E-state index contributed by atoms with van der Waals surface area (Å²) in [6, 6.07) is 65.0. The molecule has 0 bridgehead atoms. The standard InChI is InChI=1S/C76H82BN3/c1-70(2,3)52-31-35-63(55(43-52)50-26-18-15-19-27-50)79-65-29-21-20-28-61(65)77-62-47-58-59(74(10,11)41-40-73(58,8)9)48-66(62)78(53-32-33-56-57(44-53)72(6,7)39-38-71(56,4)5)67-45-54(46-68(79)69(67)77)80-64-34-30-51(49-24-16-14-17-25-49)42-60(64)75(12)36-22-23-37-76(75,80)13/h14-21,24-35,42-48H,22-23,36-41H2,1-13H3. The Morgan fingerprint density at radius 1 is 0.375 bits per heavy atom. The molecule has 3 nitrogen and oxygen atoms in total. The summed E-state index contributed by atoms with van der Waals surface area (Å²) in [5.74, 6) is 0. The highest BCUT2D eigenvalue weighted by Crippen LogP contribution is 2.63. The lowest BCUT2D eigenvalue weighted by Crippen LogP contribution is -2.62. The number of hydrogen-bond donors (Lipinski definition) is 0. The summed E-state index contributed by atoms with van der Waals surface area (Å²) in [4.78, 5) is 8.33. The van der Waals surface area contributed by atoms with Crippen LogP contribution in [0.4, 0.5) is 45.5 Å². The molecule has 8 aromatic carbocycles. The fraction of sp³-hybridized carbons (Fsp3) is 0.368. The average Bonchev–Trinajstić information content (AvgIpc) is 3.75. The molecule has 0 saturated heterocycles. The highest BCUT2D eigenvalue weighted by atomic mass is 15.3. The van der Waals surface area contributed by atoms with Crippen molar-refractivity contribution in [3.8, 4) is 22.3 Å². The van der Waals surface area contributed by atoms with Gasteiger partial charge in [-0.1, -0.05) is 199 Å². The van der Waals surface area contributed by atoms with Crippen LogP contribution in [-0.2, 0) is 32.5 Å². The van der Waals surface area contributed by atoms with Crippen molar-refractivity contribution in [2.24, 2.45) is 0 Å². The van der Waals surface area contributed by atoms with Crippen LogP contribution in [0.5, 0.6) is 0 Å². The van der Waals surface area contributed by atoms with E-state index in [1.165, 1.54) is 143 Å². The van der Waals surface area contributed by atoms with E-state index in [4.69, 9.17) is 0 Å². The molecule has 3 aliphatic heterocycles. The zero-order valence-corrected chi connectivity index (χ0v) is 50.2. The molecular formula is C76H82BN3. The van der Waals surface area contributed by atoms with Crippen LogP contribution in [-0.4, -0.2) is 12.3 Å². The molecule has 3 aliphatic carbocycles. The quantitative estimate of drug-likeness (QED) is 0.159. The van der Waals surface area contributed by atoms with Gasteiger partial charge in [0.05, 0.1) is 11.2 Å². The van der Waals surface area contributed by atoms with E-state index in [2.05, 4.69) is 269 Å². The van der Waals surface area contributed by atoms with Crippen LogP contribution in [0.15, 0.2) is 164 Å². The van der Waals surface area contributed by atoms with Gasteiger partial charge in [-0.2, -0.15) is 0 Å². The predicted molar refractivity (Wildman–Crippen MR) is 343 cm³/mol. The molecule has 0 radical (unpaired) electrons. The molecule has 0 aromatic heterocycles. The van der Waals surface area contributed by atoms with E-state index in [9.17, 15) is 0 Å². The van der Waals surface area contributed by atoms with Crippen LogP contribution >= 0.6 is 0 Å². The van der Waals surface area contributed by atoms with Gasteiger partial charge >= 0.3 is 0 Å². The smallest absolute Gasteiger partial charge is 0.252 e. The summed E-state index contributed by atoms with van der Waals surface area (Å²) in [5.41, 5.74) is 28.2. The first-order valence-electron chi connectivity index (χ1n) is 30.4. The van der Waals surface area contributed by atoms with Crippen LogP contribution in [0.2, 0.25) is 0 Å². The molecule has 8 aromatic rings. The van der Waals surface area contributed by atoms with Crippen molar-refractivity contribution in [3.05, 3.63) is 197 Å². The topological polar surface area (TPSA) is 9.72 Å². The Kier molecular flexibility index (Phi) is 11.2. The third-order valence-corrected chi connectivity index (χ3v) is 21.7. The Morgan fingerprint density at radius 3 is 1.62 bits per heavy atom. The van der Waals surface area contributed by atoms with Gasteiger partial charge < -0.3 is 14.7 Å². The molecule has 404 valence electrons. The van der Waals surface area contributed by atoms with E-state index in [1.54, 1.807) is 0 Å². The van der Waals surface area contributed by atoms with Crippen molar-refractivity contribution in [2.45, 2.75) is 179 Å². The molecule has 14 rings (SSSR count). The molecule has 6 aliphatic rings. The van der Waals surface area contributed by atoms with Gasteiger partial charge in [0.15, 0.2) is 0 Å². The van der Waals surface area contributed by atoms with Gasteiger partial charge in [-0.3, -0.25) is 0 Å². The first kappa shape index (κ1) is 51.4. The van der Waals surface area contributed by atoms with E-state index in [1.807, 2.05) is 0 Å². The lowest BCUT2D eigenvalue weighted by molar-refractivity contribution is 0.195. The summed E-state index contributed by atoms with van der Waals surface area (Å²) >= 11 is 0. The van der Waals surface area contributed by atoms with Crippen molar-refractivity contribution in [2.75, 3.05) is 14.7 Å². The van der Waals surface area contributed by atoms with Crippen LogP contribution in [0.3, 0.4) is 0 Å². The van der Waals surface area contributed by atoms with Gasteiger partial charge in [0.25, 0.3) is 6.71 Å². The Balaban J connectivity index is 1.12. The third kappa shape index (κ3) is 7.44. The minimum atomic E-state index is -0.183. The summed E-state index contributed by atoms with van der Waals surface area (Å²) in [6.45, 7) is 32.2. The maximum atomic E-state index is 2.85. The molecule has 4 heteroatoms. The fourth-order valence-electron chi connectivity index (χ4n) is 16.4. The number of nitrogens with zero attached hydrogens (tertiary/aromatic N) is 3. The fourth-order valence-corrected chi connectivity index (χ4v) is 16.4. The Bertz CT molecular complexity index is 3840. The zero-order chi connectivity index (χ0) is 55.7. The van der Waals surface area contributed by atoms with Crippen molar-refractivity contribution in [3.63, 3.8) is 0 Å². The molecule has 3 heterocycles. The van der Waals surface area contributed by atoms with E-state index in [0.717, 1.165) is 25.7 Å². The molecular weight excluding hydrogens is 966 g/mol. The summed E-state index contributed by atoms with van der Waals surface area (Å²) in [7, 11) is 0. The second-order valence-electron chi connectivity index (χ2n) is 29.4. The summed E-state index contributed by atoms with van der Waals surface area (Å²) < 4.78 is 0. The zero-order valence-electron chi connectivity index (χ0n) is 50.2. The van der Waals surface area contributed by atoms with Gasteiger partial charge in [0.1, 0.15) is 0 Å². The van der Waals surface area contributed by atoms with Crippen molar-refractivity contribution < 1.29 is 0 Å². The third-order valence-electron chi connectivity index (χ3n) is 21.7. The minimum absolute atomic E-state index is 0.00394. The van der Waals surface area contributed by atoms with Crippen LogP contribution in [0.1, 0.15) is 175 Å². The second-order valence-corrected chi connectivity index (χ2v) is 29.4. The van der Waals surface area contributed by atoms with E-state index in [0.29, 0.717) is 0 Å². The molecule has 2 atom stereocenters. The van der Waals surface area contributed by atoms with Crippen LogP contribution < -0.4 is 31.1 Å². The average molecular weight is 1050 g/mol. The van der Waals surface area contributed by atoms with Gasteiger partial charge in [-0.25, -0.2) is 0 Å².